The zero-order chi connectivity index (χ0) is 30.0. The fraction of sp³-hybridized carbons (Fsp3) is 0.429. The van der Waals surface area contributed by atoms with Gasteiger partial charge in [-0.3, -0.25) is 14.5 Å². The van der Waals surface area contributed by atoms with Gasteiger partial charge in [0.05, 0.1) is 22.9 Å². The van der Waals surface area contributed by atoms with Crippen LogP contribution in [0.15, 0.2) is 53.6 Å². The number of H-pyrrole nitrogens is 2. The Kier molecular flexibility index (Phi) is 5.53. The number of rotatable bonds is 3. The summed E-state index contributed by atoms with van der Waals surface area (Å²) in [5, 5.41) is 15.4. The highest BCUT2D eigenvalue weighted by Gasteiger charge is 2.51. The van der Waals surface area contributed by atoms with Crippen molar-refractivity contribution >= 4 is 39.3 Å². The van der Waals surface area contributed by atoms with Gasteiger partial charge in [0, 0.05) is 69.5 Å². The minimum Gasteiger partial charge on any atom is -0.871 e. The van der Waals surface area contributed by atoms with Crippen molar-refractivity contribution in [2.24, 2.45) is 5.41 Å². The van der Waals surface area contributed by atoms with Crippen LogP contribution in [0.25, 0.3) is 22.0 Å². The minimum absolute atomic E-state index is 0.0222. The quantitative estimate of drug-likeness (QED) is 0.328. The Morgan fingerprint density at radius 3 is 2.29 bits per heavy atom. The molecule has 0 amide bonds. The lowest BCUT2D eigenvalue weighted by Crippen LogP contribution is -2.38. The van der Waals surface area contributed by atoms with Crippen LogP contribution in [0, 0.1) is 5.41 Å². The van der Waals surface area contributed by atoms with Crippen LogP contribution in [0.3, 0.4) is 0 Å². The summed E-state index contributed by atoms with van der Waals surface area (Å²) in [4.78, 5) is 39.1. The molecule has 2 N–H and O–H groups in total. The summed E-state index contributed by atoms with van der Waals surface area (Å²) in [7, 11) is 0. The number of aromatic amines is 2. The summed E-state index contributed by atoms with van der Waals surface area (Å²) in [6.07, 6.45) is 5.74. The van der Waals surface area contributed by atoms with Crippen LogP contribution >= 0.6 is 0 Å². The fourth-order valence-electron chi connectivity index (χ4n) is 8.25. The Bertz CT molecular complexity index is 1810. The number of nitrogens with zero attached hydrogens (tertiary/aromatic N) is 2. The average molecular weight is 564 g/mol. The number of hydrogen-bond donors (Lipinski definition) is 2. The second-order valence-corrected chi connectivity index (χ2v) is 13.5. The molecule has 218 valence electrons. The molecule has 7 nitrogen and oxygen atoms in total. The Balaban J connectivity index is 1.50. The molecule has 2 aliphatic carbocycles. The normalized spacial score (nSPS) is 28.1. The summed E-state index contributed by atoms with van der Waals surface area (Å²) in [5.41, 5.74) is 6.55. The lowest BCUT2D eigenvalue weighted by atomic mass is 9.74. The summed E-state index contributed by atoms with van der Waals surface area (Å²) in [5.74, 6) is -1.93. The molecule has 7 heteroatoms. The van der Waals surface area contributed by atoms with Gasteiger partial charge in [0.25, 0.3) is 0 Å². The Morgan fingerprint density at radius 2 is 1.60 bits per heavy atom. The highest BCUT2D eigenvalue weighted by molar-refractivity contribution is 6.64. The summed E-state index contributed by atoms with van der Waals surface area (Å²) < 4.78 is 0. The number of Topliss-reactive ketones (excluding diaryl/α,β-unsaturated/α-hetero) is 2. The van der Waals surface area contributed by atoms with Gasteiger partial charge in [-0.25, -0.2) is 0 Å². The molecule has 4 aliphatic rings. The van der Waals surface area contributed by atoms with Crippen LogP contribution in [0.1, 0.15) is 83.8 Å². The lowest BCUT2D eigenvalue weighted by molar-refractivity contribution is -0.294. The zero-order valence-electron chi connectivity index (χ0n) is 25.7. The summed E-state index contributed by atoms with van der Waals surface area (Å²) >= 11 is 0. The van der Waals surface area contributed by atoms with Gasteiger partial charge < -0.3 is 20.0 Å². The van der Waals surface area contributed by atoms with Crippen LogP contribution in [0.2, 0.25) is 0 Å². The van der Waals surface area contributed by atoms with E-state index in [-0.39, 0.29) is 40.1 Å². The van der Waals surface area contributed by atoms with E-state index in [2.05, 4.69) is 75.2 Å². The molecule has 0 radical (unpaired) electrons. The van der Waals surface area contributed by atoms with E-state index < -0.39 is 17.3 Å². The third kappa shape index (κ3) is 3.10. The van der Waals surface area contributed by atoms with E-state index in [0.29, 0.717) is 11.1 Å². The smallest absolute Gasteiger partial charge is 0.233 e. The van der Waals surface area contributed by atoms with Crippen molar-refractivity contribution in [3.8, 4) is 0 Å². The Labute approximate surface area is 247 Å². The molecule has 1 saturated heterocycles. The van der Waals surface area contributed by atoms with E-state index in [1.54, 1.807) is 0 Å². The first kappa shape index (κ1) is 27.0. The molecule has 2 aliphatic heterocycles. The lowest BCUT2D eigenvalue weighted by Gasteiger charge is -2.30. The number of nitrogens with one attached hydrogen (secondary N) is 2. The maximum Gasteiger partial charge on any atom is 0.233 e. The number of anilines is 1. The van der Waals surface area contributed by atoms with E-state index >= 15 is 0 Å². The molecule has 1 fully saturated rings. The first-order valence-corrected chi connectivity index (χ1v) is 15.2. The van der Waals surface area contributed by atoms with Gasteiger partial charge >= 0.3 is 0 Å². The molecule has 3 atom stereocenters. The number of aromatic nitrogens is 2. The van der Waals surface area contributed by atoms with Crippen molar-refractivity contribution in [3.05, 3.63) is 76.0 Å². The van der Waals surface area contributed by atoms with E-state index in [0.717, 1.165) is 46.5 Å². The Morgan fingerprint density at radius 1 is 0.905 bits per heavy atom. The van der Waals surface area contributed by atoms with Crippen molar-refractivity contribution in [3.63, 3.8) is 0 Å². The number of fused-ring (bicyclic) bond motifs is 6. The van der Waals surface area contributed by atoms with Gasteiger partial charge in [-0.2, -0.15) is 0 Å². The molecule has 1 aromatic carbocycles. The monoisotopic (exact) mass is 563 g/mol. The second-order valence-electron chi connectivity index (χ2n) is 13.5. The SMILES string of the molecule is CCN1c2c(cc(C3=C([O-])/C(=C4\C=C5C(c6cc[nH]c64)N(CC)C(C)C5(C)C)C(=O)C3=O)c3[nH]ccc23)C(C)(C)C1C. The minimum atomic E-state index is -0.725. The number of allylic oxidation sites excluding steroid dienone is 4. The number of likely N-dealkylation sites (tertiary alicyclic amines) is 1. The molecule has 2 aromatic heterocycles. The van der Waals surface area contributed by atoms with Gasteiger partial charge in [-0.1, -0.05) is 46.5 Å². The molecule has 0 saturated carbocycles. The van der Waals surface area contributed by atoms with Crippen LogP contribution < -0.4 is 10.0 Å². The van der Waals surface area contributed by atoms with Crippen molar-refractivity contribution in [1.29, 1.82) is 0 Å². The number of carbonyl (C=O) groups is 2. The van der Waals surface area contributed by atoms with Gasteiger partial charge in [-0.05, 0) is 62.2 Å². The number of ketones is 2. The predicted octanol–water partition coefficient (Wildman–Crippen LogP) is 5.41. The largest absolute Gasteiger partial charge is 0.871 e. The van der Waals surface area contributed by atoms with Crippen LogP contribution in [-0.4, -0.2) is 51.6 Å². The fourth-order valence-corrected chi connectivity index (χ4v) is 8.25. The van der Waals surface area contributed by atoms with E-state index in [1.165, 1.54) is 5.57 Å². The average Bonchev–Trinajstić information content (AvgIpc) is 3.74. The number of hydrogen-bond acceptors (Lipinski definition) is 5. The molecule has 42 heavy (non-hydrogen) atoms. The second kappa shape index (κ2) is 8.60. The Hall–Kier alpha value is -3.84. The molecule has 0 spiro atoms. The van der Waals surface area contributed by atoms with Crippen molar-refractivity contribution < 1.29 is 14.7 Å². The van der Waals surface area contributed by atoms with Crippen LogP contribution in [0.5, 0.6) is 0 Å². The molecule has 4 heterocycles. The topological polar surface area (TPSA) is 95.3 Å². The van der Waals surface area contributed by atoms with Crippen LogP contribution in [-0.2, 0) is 15.0 Å². The molecular formula is C35H39N4O3-. The molecule has 7 rings (SSSR count). The molecule has 3 unspecified atom stereocenters. The standard InChI is InChI=1S/C35H40N4O3/c1-9-38-17(3)34(5,6)23-15-21(27-19(29(23)38)11-13-36-27)25-31(40)26(33(42)32(25)41)22-16-24-30(20-12-14-37-28(20)22)39(10-2)18(4)35(24,7)8/h11-18,29,36-37,40H,9-10H2,1-8H3/p-1/b25-21-. The molecular weight excluding hydrogens is 524 g/mol. The van der Waals surface area contributed by atoms with Gasteiger partial charge in [0.2, 0.25) is 11.6 Å². The molecule has 3 aromatic rings. The van der Waals surface area contributed by atoms with E-state index in [4.69, 9.17) is 0 Å². The van der Waals surface area contributed by atoms with Crippen molar-refractivity contribution in [1.82, 2.24) is 14.9 Å². The summed E-state index contributed by atoms with van der Waals surface area (Å²) in [6, 6.07) is 6.62. The van der Waals surface area contributed by atoms with Gasteiger partial charge in [0.1, 0.15) is 0 Å². The number of likely N-dealkylation sites (N-methyl/N-ethyl adjacent to an activating group) is 2. The summed E-state index contributed by atoms with van der Waals surface area (Å²) in [6.45, 7) is 19.4. The maximum absolute atomic E-state index is 14.4. The molecule has 0 bridgehead atoms. The highest BCUT2D eigenvalue weighted by Crippen LogP contribution is 2.57. The maximum atomic E-state index is 14.4. The van der Waals surface area contributed by atoms with Gasteiger partial charge in [-0.15, -0.1) is 0 Å². The third-order valence-corrected chi connectivity index (χ3v) is 11.2. The number of carbonyl (C=O) groups excluding carboxylic acids is 2. The van der Waals surface area contributed by atoms with Gasteiger partial charge in [0.15, 0.2) is 0 Å². The number of benzene rings is 1. The predicted molar refractivity (Wildman–Crippen MR) is 165 cm³/mol. The zero-order valence-corrected chi connectivity index (χ0v) is 25.7. The highest BCUT2D eigenvalue weighted by atomic mass is 16.3. The first-order valence-electron chi connectivity index (χ1n) is 15.2. The van der Waals surface area contributed by atoms with E-state index in [1.807, 2.05) is 36.7 Å². The first-order chi connectivity index (χ1) is 19.9. The van der Waals surface area contributed by atoms with Crippen LogP contribution in [0.4, 0.5) is 5.69 Å². The van der Waals surface area contributed by atoms with Crippen molar-refractivity contribution in [2.45, 2.75) is 78.9 Å². The third-order valence-electron chi connectivity index (χ3n) is 11.2. The van der Waals surface area contributed by atoms with Crippen molar-refractivity contribution in [2.75, 3.05) is 18.0 Å². The van der Waals surface area contributed by atoms with E-state index in [9.17, 15) is 14.7 Å².